The van der Waals surface area contributed by atoms with E-state index < -0.39 is 74.6 Å². The molecule has 21 heteroatoms. The number of nitrogens with one attached hydrogen (secondary N) is 1. The number of benzene rings is 1. The number of aliphatic carboxylic acids is 2. The third-order valence-corrected chi connectivity index (χ3v) is 13.3. The molecule has 2 bridgehead atoms. The van der Waals surface area contributed by atoms with Crippen LogP contribution in [0.1, 0.15) is 49.7 Å². The van der Waals surface area contributed by atoms with E-state index in [1.54, 1.807) is 16.5 Å². The van der Waals surface area contributed by atoms with Gasteiger partial charge in [-0.05, 0) is 26.8 Å². The van der Waals surface area contributed by atoms with Gasteiger partial charge in [0.25, 0.3) is 17.7 Å². The normalized spacial score (nSPS) is 24.8. The molecule has 0 radical (unpaired) electrons. The number of amides is 3. The van der Waals surface area contributed by atoms with Crippen molar-refractivity contribution in [2.24, 2.45) is 12.2 Å². The van der Waals surface area contributed by atoms with Gasteiger partial charge < -0.3 is 55.1 Å². The van der Waals surface area contributed by atoms with Gasteiger partial charge in [0, 0.05) is 54.4 Å². The molecule has 0 unspecified atom stereocenters. The number of aryl methyl sites for hydroxylation is 1. The lowest BCUT2D eigenvalue weighted by Crippen LogP contribution is -2.72. The fraction of sp³-hybridized carbons (Fsp3) is 0.444. The Hall–Kier alpha value is -5.67. The number of anilines is 1. The molecule has 0 aliphatic carbocycles. The zero-order chi connectivity index (χ0) is 41.3. The largest absolute Gasteiger partial charge is 0.543 e. The average molecular weight is 825 g/mol. The maximum absolute atomic E-state index is 14.0. The number of fused-ring (bicyclic) bond motifs is 6. The molecular formula is C36H40N8O11S2. The van der Waals surface area contributed by atoms with E-state index in [-0.39, 0.29) is 46.6 Å². The predicted molar refractivity (Wildman–Crippen MR) is 204 cm³/mol. The summed E-state index contributed by atoms with van der Waals surface area (Å²) in [4.78, 5) is 91.2. The first kappa shape index (κ1) is 39.6. The van der Waals surface area contributed by atoms with Crippen LogP contribution in [0.15, 0.2) is 44.9 Å². The van der Waals surface area contributed by atoms with Crippen molar-refractivity contribution in [2.75, 3.05) is 38.5 Å². The van der Waals surface area contributed by atoms with E-state index in [4.69, 9.17) is 10.6 Å². The van der Waals surface area contributed by atoms with E-state index in [1.165, 1.54) is 43.3 Å². The number of pyridine rings is 1. The van der Waals surface area contributed by atoms with Gasteiger partial charge in [-0.1, -0.05) is 5.16 Å². The number of hydrogen-bond acceptors (Lipinski definition) is 15. The van der Waals surface area contributed by atoms with Gasteiger partial charge in [0.05, 0.1) is 48.7 Å². The number of quaternary nitrogens is 1. The molecule has 0 saturated carbocycles. The van der Waals surface area contributed by atoms with Crippen molar-refractivity contribution in [1.82, 2.24) is 24.7 Å². The van der Waals surface area contributed by atoms with E-state index >= 15 is 0 Å². The summed E-state index contributed by atoms with van der Waals surface area (Å²) < 4.78 is 1.99. The number of oxime groups is 1. The summed E-state index contributed by atoms with van der Waals surface area (Å²) >= 11 is 2.29. The smallest absolute Gasteiger partial charge is 0.350 e. The average Bonchev–Trinajstić information content (AvgIpc) is 3.40. The van der Waals surface area contributed by atoms with Crippen molar-refractivity contribution in [3.63, 3.8) is 0 Å². The van der Waals surface area contributed by atoms with Crippen molar-refractivity contribution in [3.05, 3.63) is 56.5 Å². The molecule has 5 aliphatic heterocycles. The highest BCUT2D eigenvalue weighted by atomic mass is 32.2. The Balaban J connectivity index is 1.10. The van der Waals surface area contributed by atoms with Crippen LogP contribution in [-0.2, 0) is 31.1 Å². The molecule has 1 aromatic carbocycles. The monoisotopic (exact) mass is 824 g/mol. The first-order valence-electron chi connectivity index (χ1n) is 18.0. The molecule has 0 spiro atoms. The van der Waals surface area contributed by atoms with Gasteiger partial charge in [-0.25, -0.2) is 9.78 Å². The molecule has 4 saturated heterocycles. The van der Waals surface area contributed by atoms with E-state index in [2.05, 4.69) is 15.5 Å². The number of hydrogen-bond donors (Lipinski definition) is 5. The number of nitrogens with two attached hydrogens (primary N) is 1. The molecule has 5 aliphatic rings. The van der Waals surface area contributed by atoms with Gasteiger partial charge in [-0.2, -0.15) is 0 Å². The van der Waals surface area contributed by atoms with Crippen LogP contribution in [0.2, 0.25) is 0 Å². The number of thiazole rings is 1. The highest BCUT2D eigenvalue weighted by molar-refractivity contribution is 8.00. The van der Waals surface area contributed by atoms with Gasteiger partial charge >= 0.3 is 5.97 Å². The van der Waals surface area contributed by atoms with Crippen molar-refractivity contribution in [2.45, 2.75) is 61.9 Å². The van der Waals surface area contributed by atoms with Gasteiger partial charge in [0.15, 0.2) is 22.3 Å². The maximum atomic E-state index is 14.0. The van der Waals surface area contributed by atoms with Crippen LogP contribution in [0.4, 0.5) is 5.13 Å². The summed E-state index contributed by atoms with van der Waals surface area (Å²) in [5.41, 5.74) is 3.42. The van der Waals surface area contributed by atoms with Crippen molar-refractivity contribution >= 4 is 74.5 Å². The van der Waals surface area contributed by atoms with Crippen LogP contribution in [0.3, 0.4) is 0 Å². The van der Waals surface area contributed by atoms with E-state index in [9.17, 15) is 49.2 Å². The Labute approximate surface area is 332 Å². The van der Waals surface area contributed by atoms with Crippen LogP contribution in [0.25, 0.3) is 10.9 Å². The van der Waals surface area contributed by atoms with Crippen LogP contribution in [0.5, 0.6) is 11.5 Å². The van der Waals surface area contributed by atoms with E-state index in [1.807, 2.05) is 6.92 Å². The fourth-order valence-electron chi connectivity index (χ4n) is 7.87. The third-order valence-electron chi connectivity index (χ3n) is 11.2. The first-order valence-corrected chi connectivity index (χ1v) is 19.8. The summed E-state index contributed by atoms with van der Waals surface area (Å²) in [6.07, 6.45) is 2.60. The Morgan fingerprint density at radius 3 is 2.46 bits per heavy atom. The number of piperidine rings is 1. The summed E-state index contributed by atoms with van der Waals surface area (Å²) in [5.74, 6) is -5.83. The molecule has 3 atom stereocenters. The SMILES string of the molecule is C[C@@H]1S[C@@H]2[C@H](NC(=O)/C(=N\OC(C)(C)C(=O)O)c3csc(N)n3)C(=O)N2C(C(=O)[O-])=C1C[N+]12CCC(CC1)N(C(=O)c1cn(C)c3cc(O)c(O)cc3c1=O)CC2. The van der Waals surface area contributed by atoms with Crippen molar-refractivity contribution in [3.8, 4) is 11.5 Å². The molecule has 19 nitrogen and oxygen atoms in total. The van der Waals surface area contributed by atoms with Crippen LogP contribution < -0.4 is 21.6 Å². The Morgan fingerprint density at radius 2 is 1.82 bits per heavy atom. The fourth-order valence-corrected chi connectivity index (χ4v) is 9.86. The molecule has 8 rings (SSSR count). The lowest BCUT2D eigenvalue weighted by molar-refractivity contribution is -0.925. The van der Waals surface area contributed by atoms with Gasteiger partial charge in [0.1, 0.15) is 29.2 Å². The number of rotatable bonds is 10. The third kappa shape index (κ3) is 6.92. The number of thioether (sulfide) groups is 1. The molecule has 302 valence electrons. The second-order valence-electron chi connectivity index (χ2n) is 15.1. The topological polar surface area (TPSA) is 270 Å². The van der Waals surface area contributed by atoms with Gasteiger partial charge in [-0.15, -0.1) is 23.1 Å². The number of phenolic OH excluding ortho intramolecular Hbond substituents is 2. The summed E-state index contributed by atoms with van der Waals surface area (Å²) in [5, 5.41) is 49.0. The minimum absolute atomic E-state index is 0.0151. The summed E-state index contributed by atoms with van der Waals surface area (Å²) in [6, 6.07) is 1.06. The lowest BCUT2D eigenvalue weighted by Gasteiger charge is -2.53. The number of nitrogen functional groups attached to an aromatic ring is 1. The summed E-state index contributed by atoms with van der Waals surface area (Å²) in [6.45, 7) is 6.49. The number of carbonyl (C=O) groups is 5. The Bertz CT molecular complexity index is 2360. The molecule has 4 fully saturated rings. The summed E-state index contributed by atoms with van der Waals surface area (Å²) in [7, 11) is 1.63. The van der Waals surface area contributed by atoms with Crippen molar-refractivity contribution in [1.29, 1.82) is 0 Å². The van der Waals surface area contributed by atoms with Gasteiger partial charge in [0.2, 0.25) is 11.0 Å². The maximum Gasteiger partial charge on any atom is 0.350 e. The molecule has 57 heavy (non-hydrogen) atoms. The zero-order valence-electron chi connectivity index (χ0n) is 31.3. The zero-order valence-corrected chi connectivity index (χ0v) is 32.9. The highest BCUT2D eigenvalue weighted by Crippen LogP contribution is 2.45. The number of carboxylic acids is 2. The lowest BCUT2D eigenvalue weighted by atomic mass is 9.97. The number of nitrogens with zero attached hydrogens (tertiary/aromatic N) is 6. The number of β-lactam (4-membered cyclic amide) rings is 1. The van der Waals surface area contributed by atoms with Crippen LogP contribution in [-0.4, -0.2) is 136 Å². The van der Waals surface area contributed by atoms with Crippen molar-refractivity contribution < 1.29 is 53.7 Å². The second kappa shape index (κ2) is 14.4. The molecule has 7 heterocycles. The predicted octanol–water partition coefficient (Wildman–Crippen LogP) is -0.500. The standard InChI is InChI=1S/C36H40N8O11S2/c1-16-20(14-44-8-5-17(6-9-44)42(7-10-44)30(49)19-13-41(4)22-12-24(46)23(45)11-18(22)28(19)47)27(33(51)52)43-31(50)26(32(43)57-16)39-29(48)25(21-15-56-35(37)38-21)40-55-36(2,3)34(53)54/h11-13,15-17,26,32H,5-10,14H2,1-4H3,(H6-,37,38,39,40,45,46,47,48,51,52,53,54)/t16-,17?,26+,32+,44?/m0/s1. The quantitative estimate of drug-likeness (QED) is 0.0568. The molecule has 2 aromatic heterocycles. The van der Waals surface area contributed by atoms with Crippen LogP contribution >= 0.6 is 23.1 Å². The van der Waals surface area contributed by atoms with Crippen LogP contribution in [0, 0.1) is 0 Å². The second-order valence-corrected chi connectivity index (χ2v) is 17.5. The molecule has 6 N–H and O–H groups in total. The molecular weight excluding hydrogens is 785 g/mol. The van der Waals surface area contributed by atoms with Gasteiger partial charge in [-0.3, -0.25) is 24.1 Å². The molecule has 3 aromatic rings. The Kier molecular flexibility index (Phi) is 9.97. The first-order chi connectivity index (χ1) is 26.8. The van der Waals surface area contributed by atoms with E-state index in [0.29, 0.717) is 48.0 Å². The number of carboxylic acid groups (broad SMARTS) is 2. The number of carbonyl (C=O) groups excluding carboxylic acids is 4. The minimum Gasteiger partial charge on any atom is -0.543 e. The highest BCUT2D eigenvalue weighted by Gasteiger charge is 2.56. The number of aromatic hydroxyl groups is 2. The number of phenols is 2. The Morgan fingerprint density at radius 1 is 1.14 bits per heavy atom. The van der Waals surface area contributed by atoms with E-state index in [0.717, 1.165) is 22.3 Å². The minimum atomic E-state index is -1.81. The molecule has 3 amide bonds. The number of aromatic nitrogens is 2.